The van der Waals surface area contributed by atoms with Crippen molar-refractivity contribution in [3.63, 3.8) is 0 Å². The van der Waals surface area contributed by atoms with Gasteiger partial charge in [0.2, 0.25) is 0 Å². The molecule has 0 aliphatic carbocycles. The van der Waals surface area contributed by atoms with E-state index in [0.29, 0.717) is 29.3 Å². The molecule has 0 saturated heterocycles. The topological polar surface area (TPSA) is 73.9 Å². The first-order valence-corrected chi connectivity index (χ1v) is 10.9. The predicted octanol–water partition coefficient (Wildman–Crippen LogP) is 4.94. The van der Waals surface area contributed by atoms with E-state index in [0.717, 1.165) is 23.3 Å². The molecule has 0 fully saturated rings. The summed E-state index contributed by atoms with van der Waals surface area (Å²) in [6, 6.07) is 21.4. The van der Waals surface area contributed by atoms with Crippen LogP contribution >= 0.6 is 11.6 Å². The fourth-order valence-corrected chi connectivity index (χ4v) is 3.44. The van der Waals surface area contributed by atoms with Crippen LogP contribution in [0.1, 0.15) is 21.5 Å². The molecule has 0 amide bonds. The second kappa shape index (κ2) is 11.9. The van der Waals surface area contributed by atoms with E-state index in [2.05, 4.69) is 5.32 Å². The monoisotopic (exact) mass is 467 g/mol. The number of carbonyl (C=O) groups is 2. The van der Waals surface area contributed by atoms with Gasteiger partial charge in [0.15, 0.2) is 0 Å². The summed E-state index contributed by atoms with van der Waals surface area (Å²) in [5.74, 6) is -0.175. The molecule has 0 aromatic heterocycles. The normalized spacial score (nSPS) is 11.4. The third-order valence-corrected chi connectivity index (χ3v) is 5.34. The lowest BCUT2D eigenvalue weighted by molar-refractivity contribution is -0.141. The number of hydrogen-bond donors (Lipinski definition) is 1. The molecule has 6 nitrogen and oxygen atoms in total. The average molecular weight is 468 g/mol. The van der Waals surface area contributed by atoms with Gasteiger partial charge < -0.3 is 19.5 Å². The van der Waals surface area contributed by atoms with Crippen molar-refractivity contribution in [3.05, 3.63) is 94.5 Å². The van der Waals surface area contributed by atoms with Gasteiger partial charge in [0.25, 0.3) is 0 Å². The van der Waals surface area contributed by atoms with E-state index in [1.54, 1.807) is 24.3 Å². The van der Waals surface area contributed by atoms with Crippen LogP contribution < -0.4 is 10.1 Å². The number of para-hydroxylation sites is 1. The zero-order valence-corrected chi connectivity index (χ0v) is 19.3. The first kappa shape index (κ1) is 24.1. The molecule has 7 heteroatoms. The summed E-state index contributed by atoms with van der Waals surface area (Å²) in [5, 5.41) is 3.83. The van der Waals surface area contributed by atoms with Crippen molar-refractivity contribution in [1.82, 2.24) is 0 Å². The van der Waals surface area contributed by atoms with Gasteiger partial charge in [-0.1, -0.05) is 48.0 Å². The standard InChI is InChI=1S/C26H26ClNO5/c1-31-25(29)22-5-3-4-6-23(22)28-24(26(30)32-2)17-19-9-13-21(14-10-19)33-16-15-18-7-11-20(27)12-8-18/h3-14,24,28H,15-17H2,1-2H3. The Morgan fingerprint density at radius 3 is 2.21 bits per heavy atom. The summed E-state index contributed by atoms with van der Waals surface area (Å²) >= 11 is 5.91. The Kier molecular flexibility index (Phi) is 8.72. The third kappa shape index (κ3) is 6.99. The van der Waals surface area contributed by atoms with Crippen molar-refractivity contribution in [2.45, 2.75) is 18.9 Å². The quantitative estimate of drug-likeness (QED) is 0.425. The minimum absolute atomic E-state index is 0.346. The van der Waals surface area contributed by atoms with E-state index in [1.165, 1.54) is 14.2 Å². The molecule has 33 heavy (non-hydrogen) atoms. The van der Waals surface area contributed by atoms with Crippen molar-refractivity contribution < 1.29 is 23.8 Å². The zero-order chi connectivity index (χ0) is 23.6. The van der Waals surface area contributed by atoms with Crippen LogP contribution in [0.15, 0.2) is 72.8 Å². The summed E-state index contributed by atoms with van der Waals surface area (Å²) in [6.07, 6.45) is 1.14. The fraction of sp³-hybridized carbons (Fsp3) is 0.231. The number of halogens is 1. The maximum absolute atomic E-state index is 12.4. The molecule has 3 aromatic rings. The number of anilines is 1. The van der Waals surface area contributed by atoms with Crippen LogP contribution in [-0.2, 0) is 27.1 Å². The van der Waals surface area contributed by atoms with Crippen LogP contribution in [0.25, 0.3) is 0 Å². The Balaban J connectivity index is 1.62. The van der Waals surface area contributed by atoms with Gasteiger partial charge in [-0.3, -0.25) is 0 Å². The van der Waals surface area contributed by atoms with Crippen molar-refractivity contribution in [3.8, 4) is 5.75 Å². The van der Waals surface area contributed by atoms with Gasteiger partial charge in [0.05, 0.1) is 26.4 Å². The molecule has 172 valence electrons. The van der Waals surface area contributed by atoms with Crippen LogP contribution in [-0.4, -0.2) is 38.8 Å². The minimum atomic E-state index is -0.683. The van der Waals surface area contributed by atoms with Gasteiger partial charge in [0.1, 0.15) is 11.8 Å². The molecule has 0 aliphatic heterocycles. The maximum atomic E-state index is 12.4. The summed E-state index contributed by atoms with van der Waals surface area (Å²) in [7, 11) is 2.65. The molecule has 0 radical (unpaired) electrons. The molecule has 1 atom stereocenters. The van der Waals surface area contributed by atoms with Gasteiger partial charge in [-0.2, -0.15) is 0 Å². The summed E-state index contributed by atoms with van der Waals surface area (Å²) in [6.45, 7) is 0.539. The Labute approximate surface area is 198 Å². The number of esters is 2. The lowest BCUT2D eigenvalue weighted by Crippen LogP contribution is -2.33. The molecule has 0 spiro atoms. The van der Waals surface area contributed by atoms with E-state index in [1.807, 2.05) is 48.5 Å². The molecule has 3 rings (SSSR count). The lowest BCUT2D eigenvalue weighted by atomic mass is 10.0. The highest BCUT2D eigenvalue weighted by Gasteiger charge is 2.22. The highest BCUT2D eigenvalue weighted by Crippen LogP contribution is 2.20. The number of carbonyl (C=O) groups excluding carboxylic acids is 2. The third-order valence-electron chi connectivity index (χ3n) is 5.08. The molecule has 0 aliphatic rings. The molecule has 0 bridgehead atoms. The van der Waals surface area contributed by atoms with Gasteiger partial charge >= 0.3 is 11.9 Å². The van der Waals surface area contributed by atoms with Crippen LogP contribution in [0.4, 0.5) is 5.69 Å². The van der Waals surface area contributed by atoms with Gasteiger partial charge in [-0.05, 0) is 47.5 Å². The minimum Gasteiger partial charge on any atom is -0.493 e. The highest BCUT2D eigenvalue weighted by molar-refractivity contribution is 6.30. The van der Waals surface area contributed by atoms with Crippen LogP contribution in [0, 0.1) is 0 Å². The second-order valence-corrected chi connectivity index (χ2v) is 7.77. The highest BCUT2D eigenvalue weighted by atomic mass is 35.5. The molecular weight excluding hydrogens is 442 g/mol. The summed E-state index contributed by atoms with van der Waals surface area (Å²) < 4.78 is 15.6. The predicted molar refractivity (Wildman–Crippen MR) is 128 cm³/mol. The Hall–Kier alpha value is -3.51. The largest absolute Gasteiger partial charge is 0.493 e. The smallest absolute Gasteiger partial charge is 0.339 e. The van der Waals surface area contributed by atoms with Gasteiger partial charge in [-0.25, -0.2) is 9.59 Å². The SMILES string of the molecule is COC(=O)c1ccccc1NC(Cc1ccc(OCCc2ccc(Cl)cc2)cc1)C(=O)OC. The fourth-order valence-electron chi connectivity index (χ4n) is 3.32. The van der Waals surface area contributed by atoms with E-state index < -0.39 is 18.0 Å². The van der Waals surface area contributed by atoms with Gasteiger partial charge in [0, 0.05) is 23.6 Å². The number of rotatable bonds is 10. The van der Waals surface area contributed by atoms with E-state index in [4.69, 9.17) is 25.8 Å². The van der Waals surface area contributed by atoms with Crippen LogP contribution in [0.3, 0.4) is 0 Å². The van der Waals surface area contributed by atoms with E-state index in [9.17, 15) is 9.59 Å². The molecule has 3 aromatic carbocycles. The molecule has 0 heterocycles. The van der Waals surface area contributed by atoms with Crippen molar-refractivity contribution in [1.29, 1.82) is 0 Å². The molecule has 0 saturated carbocycles. The number of hydrogen-bond acceptors (Lipinski definition) is 6. The van der Waals surface area contributed by atoms with E-state index >= 15 is 0 Å². The van der Waals surface area contributed by atoms with Crippen molar-refractivity contribution in [2.75, 3.05) is 26.1 Å². The Morgan fingerprint density at radius 2 is 1.55 bits per heavy atom. The first-order chi connectivity index (χ1) is 16.0. The van der Waals surface area contributed by atoms with Crippen molar-refractivity contribution >= 4 is 29.2 Å². The zero-order valence-electron chi connectivity index (χ0n) is 18.5. The maximum Gasteiger partial charge on any atom is 0.339 e. The average Bonchev–Trinajstić information content (AvgIpc) is 2.85. The lowest BCUT2D eigenvalue weighted by Gasteiger charge is -2.19. The number of nitrogens with one attached hydrogen (secondary N) is 1. The second-order valence-electron chi connectivity index (χ2n) is 7.33. The molecular formula is C26H26ClNO5. The molecule has 1 unspecified atom stereocenters. The molecule has 1 N–H and O–H groups in total. The Morgan fingerprint density at radius 1 is 0.879 bits per heavy atom. The summed E-state index contributed by atoms with van der Waals surface area (Å²) in [4.78, 5) is 24.4. The first-order valence-electron chi connectivity index (χ1n) is 10.5. The van der Waals surface area contributed by atoms with Crippen LogP contribution in [0.5, 0.6) is 5.75 Å². The number of methoxy groups -OCH3 is 2. The van der Waals surface area contributed by atoms with Crippen LogP contribution in [0.2, 0.25) is 5.02 Å². The number of benzene rings is 3. The summed E-state index contributed by atoms with van der Waals surface area (Å²) in [5.41, 5.74) is 2.91. The Bertz CT molecular complexity index is 1070. The van der Waals surface area contributed by atoms with Crippen molar-refractivity contribution in [2.24, 2.45) is 0 Å². The number of ether oxygens (including phenoxy) is 3. The van der Waals surface area contributed by atoms with Gasteiger partial charge in [-0.15, -0.1) is 0 Å². The van der Waals surface area contributed by atoms with E-state index in [-0.39, 0.29) is 0 Å².